The van der Waals surface area contributed by atoms with Crippen LogP contribution in [0.2, 0.25) is 0 Å². The van der Waals surface area contributed by atoms with Crippen LogP contribution < -0.4 is 27.1 Å². The zero-order chi connectivity index (χ0) is 19.1. The number of rotatable bonds is 7. The van der Waals surface area contributed by atoms with Crippen LogP contribution >= 0.6 is 7.26 Å². The van der Waals surface area contributed by atoms with Crippen LogP contribution in [0.1, 0.15) is 12.0 Å². The molecule has 0 saturated heterocycles. The van der Waals surface area contributed by atoms with Crippen molar-refractivity contribution in [2.24, 2.45) is 5.73 Å². The zero-order valence-corrected chi connectivity index (χ0v) is 17.0. The van der Waals surface area contributed by atoms with Crippen molar-refractivity contribution in [3.8, 4) is 0 Å². The summed E-state index contributed by atoms with van der Waals surface area (Å²) in [6.45, 7) is 2.39. The van der Waals surface area contributed by atoms with Crippen molar-refractivity contribution in [2.45, 2.75) is 12.8 Å². The summed E-state index contributed by atoms with van der Waals surface area (Å²) in [5, 5.41) is 5.73. The van der Waals surface area contributed by atoms with Crippen LogP contribution in [0.4, 0.5) is 0 Å². The molecule has 0 atom stereocenters. The molecule has 3 N–H and O–H groups in total. The monoisotopic (exact) mass is 377 g/mol. The molecule has 0 amide bonds. The molecule has 0 bridgehead atoms. The number of nitrogens with zero attached hydrogens (tertiary/aromatic N) is 1. The third-order valence-corrected chi connectivity index (χ3v) is 9.35. The van der Waals surface area contributed by atoms with E-state index >= 15 is 0 Å². The Labute approximate surface area is 162 Å². The van der Waals surface area contributed by atoms with E-state index in [1.165, 1.54) is 21.6 Å². The van der Waals surface area contributed by atoms with Crippen LogP contribution in [0.25, 0.3) is 0 Å². The Morgan fingerprint density at radius 2 is 1.59 bits per heavy atom. The van der Waals surface area contributed by atoms with Gasteiger partial charge < -0.3 is 0 Å². The molecule has 0 fully saturated rings. The molecule has 2 aromatic carbocycles. The molecule has 3 nitrogen and oxygen atoms in total. The van der Waals surface area contributed by atoms with E-state index < -0.39 is 7.26 Å². The van der Waals surface area contributed by atoms with Crippen LogP contribution in [0, 0.1) is 0 Å². The number of hydrogen-bond donors (Lipinski definition) is 2. The van der Waals surface area contributed by atoms with Crippen LogP contribution in [0.15, 0.2) is 90.9 Å². The molecule has 27 heavy (non-hydrogen) atoms. The Balaban J connectivity index is 2.01. The van der Waals surface area contributed by atoms with E-state index in [1.807, 2.05) is 19.4 Å². The Morgan fingerprint density at radius 3 is 2.15 bits per heavy atom. The number of pyridine rings is 1. The van der Waals surface area contributed by atoms with Gasteiger partial charge in [-0.05, 0) is 0 Å². The standard InChI is InChI=1S/C23H28N3P/c1-25-18-20(24)14-13-19-15-16-26-23(17-19)27(2,21-9-5-3-6-10-21)22-11-7-4-8-12-22/h3-12,15-18,25,27H,13-14,24H2,1-2H3/b20-18-. The number of aryl methyl sites for hydroxylation is 1. The third-order valence-electron chi connectivity index (χ3n) is 5.07. The van der Waals surface area contributed by atoms with Gasteiger partial charge in [0.05, 0.1) is 0 Å². The van der Waals surface area contributed by atoms with E-state index in [9.17, 15) is 0 Å². The molecule has 0 unspecified atom stereocenters. The van der Waals surface area contributed by atoms with Gasteiger partial charge in [-0.3, -0.25) is 0 Å². The summed E-state index contributed by atoms with van der Waals surface area (Å²) in [5.41, 5.74) is 9.36. The number of hydrogen-bond acceptors (Lipinski definition) is 3. The zero-order valence-electron chi connectivity index (χ0n) is 16.0. The van der Waals surface area contributed by atoms with Crippen molar-refractivity contribution in [2.75, 3.05) is 13.7 Å². The second-order valence-electron chi connectivity index (χ2n) is 6.91. The molecule has 1 aromatic heterocycles. The van der Waals surface area contributed by atoms with Gasteiger partial charge in [0.25, 0.3) is 0 Å². The Bertz CT molecular complexity index is 852. The quantitative estimate of drug-likeness (QED) is 0.623. The fraction of sp³-hybridized carbons (Fsp3) is 0.174. The van der Waals surface area contributed by atoms with Gasteiger partial charge in [0.2, 0.25) is 0 Å². The summed E-state index contributed by atoms with van der Waals surface area (Å²) >= 11 is 0. The predicted octanol–water partition coefficient (Wildman–Crippen LogP) is 2.69. The van der Waals surface area contributed by atoms with Gasteiger partial charge in [0.1, 0.15) is 0 Å². The first kappa shape index (κ1) is 19.1. The summed E-state index contributed by atoms with van der Waals surface area (Å²) in [4.78, 5) is 4.83. The summed E-state index contributed by atoms with van der Waals surface area (Å²) in [7, 11) is -0.281. The van der Waals surface area contributed by atoms with Crippen molar-refractivity contribution in [1.82, 2.24) is 10.3 Å². The molecule has 0 radical (unpaired) electrons. The number of nitrogens with one attached hydrogen (secondary N) is 1. The first-order chi connectivity index (χ1) is 13.1. The van der Waals surface area contributed by atoms with Crippen molar-refractivity contribution in [1.29, 1.82) is 0 Å². The van der Waals surface area contributed by atoms with Crippen molar-refractivity contribution >= 4 is 23.3 Å². The molecule has 1 heterocycles. The fourth-order valence-electron chi connectivity index (χ4n) is 3.45. The van der Waals surface area contributed by atoms with Gasteiger partial charge in [-0.1, -0.05) is 0 Å². The molecule has 0 aliphatic heterocycles. The van der Waals surface area contributed by atoms with Gasteiger partial charge >= 0.3 is 162 Å². The van der Waals surface area contributed by atoms with Gasteiger partial charge in [-0.25, -0.2) is 0 Å². The van der Waals surface area contributed by atoms with Crippen molar-refractivity contribution in [3.05, 3.63) is 96.5 Å². The van der Waals surface area contributed by atoms with E-state index in [2.05, 4.69) is 84.8 Å². The normalized spacial score (nSPS) is 12.6. The Hall–Kier alpha value is -2.64. The SMILES string of the molecule is CN/C=C(\N)CCc1ccnc([PH](C)(c2ccccc2)c2ccccc2)c1. The summed E-state index contributed by atoms with van der Waals surface area (Å²) in [6.07, 6.45) is 5.54. The molecule has 4 heteroatoms. The van der Waals surface area contributed by atoms with E-state index in [1.54, 1.807) is 0 Å². The van der Waals surface area contributed by atoms with Gasteiger partial charge in [-0.15, -0.1) is 0 Å². The summed E-state index contributed by atoms with van der Waals surface area (Å²) < 4.78 is 0. The fourth-order valence-corrected chi connectivity index (χ4v) is 6.90. The average Bonchev–Trinajstić information content (AvgIpc) is 2.73. The van der Waals surface area contributed by atoms with Crippen molar-refractivity contribution in [3.63, 3.8) is 0 Å². The maximum absolute atomic E-state index is 6.03. The van der Waals surface area contributed by atoms with Crippen LogP contribution in [0.3, 0.4) is 0 Å². The molecule has 3 rings (SSSR count). The summed E-state index contributed by atoms with van der Waals surface area (Å²) in [5.74, 6) is 0. The second kappa shape index (κ2) is 8.83. The van der Waals surface area contributed by atoms with E-state index in [0.717, 1.165) is 18.5 Å². The minimum atomic E-state index is -2.15. The number of nitrogens with two attached hydrogens (primary N) is 1. The van der Waals surface area contributed by atoms with Crippen LogP contribution in [-0.2, 0) is 6.42 Å². The first-order valence-corrected chi connectivity index (χ1v) is 11.8. The predicted molar refractivity (Wildman–Crippen MR) is 120 cm³/mol. The third kappa shape index (κ3) is 4.37. The Morgan fingerprint density at radius 1 is 1.00 bits per heavy atom. The van der Waals surface area contributed by atoms with Gasteiger partial charge in [0, 0.05) is 0 Å². The molecule has 0 spiro atoms. The van der Waals surface area contributed by atoms with E-state index in [4.69, 9.17) is 10.7 Å². The first-order valence-electron chi connectivity index (χ1n) is 9.33. The summed E-state index contributed by atoms with van der Waals surface area (Å²) in [6, 6.07) is 26.0. The molecule has 3 aromatic rings. The molecule has 140 valence electrons. The molecular formula is C23H28N3P. The molecule has 0 saturated carbocycles. The second-order valence-corrected chi connectivity index (χ2v) is 10.8. The number of aromatic nitrogens is 1. The molecule has 0 aliphatic rings. The van der Waals surface area contributed by atoms with Gasteiger partial charge in [-0.2, -0.15) is 0 Å². The van der Waals surface area contributed by atoms with Crippen LogP contribution in [0.5, 0.6) is 0 Å². The maximum atomic E-state index is 6.03. The number of allylic oxidation sites excluding steroid dienone is 1. The van der Waals surface area contributed by atoms with E-state index in [0.29, 0.717) is 0 Å². The van der Waals surface area contributed by atoms with Gasteiger partial charge in [0.15, 0.2) is 0 Å². The number of benzene rings is 2. The topological polar surface area (TPSA) is 50.9 Å². The van der Waals surface area contributed by atoms with Crippen molar-refractivity contribution < 1.29 is 0 Å². The van der Waals surface area contributed by atoms with Crippen LogP contribution in [-0.4, -0.2) is 18.7 Å². The minimum absolute atomic E-state index is 0.833. The average molecular weight is 377 g/mol. The molecular weight excluding hydrogens is 349 g/mol. The van der Waals surface area contributed by atoms with E-state index in [-0.39, 0.29) is 0 Å². The Kier molecular flexibility index (Phi) is 6.26. The molecule has 0 aliphatic carbocycles.